The van der Waals surface area contributed by atoms with Gasteiger partial charge in [0.25, 0.3) is 0 Å². The van der Waals surface area contributed by atoms with Crippen LogP contribution in [-0.4, -0.2) is 30.0 Å². The maximum absolute atomic E-state index is 11.6. The van der Waals surface area contributed by atoms with Crippen LogP contribution in [0.4, 0.5) is 0 Å². The molecule has 0 aliphatic heterocycles. The Morgan fingerprint density at radius 2 is 2.25 bits per heavy atom. The standard InChI is InChI=1S/C16H24N2O2/c1-11(2)15(19)5-4-12-6-7-18-16(8-12)20-14-9-13(10-14)17-3/h6-8,11,13-14,17H,4-5,9-10H2,1-3H3/t13-,14-. The highest BCUT2D eigenvalue weighted by Crippen LogP contribution is 2.25. The number of nitrogens with zero attached hydrogens (tertiary/aromatic N) is 1. The van der Waals surface area contributed by atoms with Crippen LogP contribution in [0.1, 0.15) is 38.7 Å². The number of rotatable bonds is 7. The fraction of sp³-hybridized carbons (Fsp3) is 0.625. The lowest BCUT2D eigenvalue weighted by Crippen LogP contribution is -2.45. The van der Waals surface area contributed by atoms with E-state index in [1.807, 2.05) is 33.0 Å². The smallest absolute Gasteiger partial charge is 0.213 e. The van der Waals surface area contributed by atoms with Gasteiger partial charge in [0.15, 0.2) is 0 Å². The number of aryl methyl sites for hydroxylation is 1. The lowest BCUT2D eigenvalue weighted by Gasteiger charge is -2.34. The normalized spacial score (nSPS) is 21.6. The fourth-order valence-corrected chi connectivity index (χ4v) is 2.29. The quantitative estimate of drug-likeness (QED) is 0.830. The highest BCUT2D eigenvalue weighted by molar-refractivity contribution is 5.80. The third-order valence-electron chi connectivity index (χ3n) is 3.89. The predicted molar refractivity (Wildman–Crippen MR) is 78.9 cm³/mol. The van der Waals surface area contributed by atoms with Gasteiger partial charge in [-0.05, 0) is 37.9 Å². The van der Waals surface area contributed by atoms with Gasteiger partial charge in [-0.15, -0.1) is 0 Å². The molecular weight excluding hydrogens is 252 g/mol. The highest BCUT2D eigenvalue weighted by Gasteiger charge is 2.29. The van der Waals surface area contributed by atoms with Crippen molar-refractivity contribution in [3.8, 4) is 5.88 Å². The Balaban J connectivity index is 1.83. The van der Waals surface area contributed by atoms with E-state index in [4.69, 9.17) is 4.74 Å². The first-order valence-corrected chi connectivity index (χ1v) is 7.40. The van der Waals surface area contributed by atoms with E-state index in [0.29, 0.717) is 24.1 Å². The lowest BCUT2D eigenvalue weighted by molar-refractivity contribution is -0.121. The average Bonchev–Trinajstić information content (AvgIpc) is 2.40. The molecule has 4 heteroatoms. The number of Topliss-reactive ketones (excluding diaryl/α,β-unsaturated/α-hetero) is 1. The number of hydrogen-bond donors (Lipinski definition) is 1. The number of pyridine rings is 1. The molecule has 0 saturated heterocycles. The van der Waals surface area contributed by atoms with Crippen LogP contribution in [0.5, 0.6) is 5.88 Å². The van der Waals surface area contributed by atoms with Crippen LogP contribution in [-0.2, 0) is 11.2 Å². The number of carbonyl (C=O) groups excluding carboxylic acids is 1. The lowest BCUT2D eigenvalue weighted by atomic mass is 9.89. The maximum Gasteiger partial charge on any atom is 0.213 e. The Labute approximate surface area is 120 Å². The second-order valence-electron chi connectivity index (χ2n) is 5.82. The first-order chi connectivity index (χ1) is 9.58. The molecule has 1 saturated carbocycles. The van der Waals surface area contributed by atoms with E-state index in [0.717, 1.165) is 24.8 Å². The highest BCUT2D eigenvalue weighted by atomic mass is 16.5. The van der Waals surface area contributed by atoms with Gasteiger partial charge < -0.3 is 10.1 Å². The molecule has 1 aromatic rings. The summed E-state index contributed by atoms with van der Waals surface area (Å²) in [4.78, 5) is 15.9. The Morgan fingerprint density at radius 1 is 1.50 bits per heavy atom. The molecule has 0 bridgehead atoms. The van der Waals surface area contributed by atoms with Crippen molar-refractivity contribution in [2.24, 2.45) is 5.92 Å². The van der Waals surface area contributed by atoms with Gasteiger partial charge in [0.1, 0.15) is 11.9 Å². The molecule has 1 N–H and O–H groups in total. The predicted octanol–water partition coefficient (Wildman–Crippen LogP) is 2.37. The molecule has 0 atom stereocenters. The zero-order valence-electron chi connectivity index (χ0n) is 12.6. The molecule has 0 radical (unpaired) electrons. The van der Waals surface area contributed by atoms with Crippen molar-refractivity contribution in [3.63, 3.8) is 0 Å². The van der Waals surface area contributed by atoms with E-state index >= 15 is 0 Å². The molecule has 0 aromatic carbocycles. The van der Waals surface area contributed by atoms with Crippen molar-refractivity contribution in [1.82, 2.24) is 10.3 Å². The summed E-state index contributed by atoms with van der Waals surface area (Å²) in [6, 6.07) is 4.49. The van der Waals surface area contributed by atoms with Crippen LogP contribution in [0.2, 0.25) is 0 Å². The number of aromatic nitrogens is 1. The first-order valence-electron chi connectivity index (χ1n) is 7.40. The molecule has 0 unspecified atom stereocenters. The van der Waals surface area contributed by atoms with Gasteiger partial charge in [0, 0.05) is 30.6 Å². The summed E-state index contributed by atoms with van der Waals surface area (Å²) in [5.41, 5.74) is 1.12. The van der Waals surface area contributed by atoms with Crippen LogP contribution in [0, 0.1) is 5.92 Å². The van der Waals surface area contributed by atoms with E-state index in [1.165, 1.54) is 0 Å². The Morgan fingerprint density at radius 3 is 2.90 bits per heavy atom. The monoisotopic (exact) mass is 276 g/mol. The van der Waals surface area contributed by atoms with Crippen LogP contribution >= 0.6 is 0 Å². The Hall–Kier alpha value is -1.42. The SMILES string of the molecule is CN[C@H]1C[C@H](Oc2cc(CCC(=O)C(C)C)ccn2)C1. The third kappa shape index (κ3) is 4.04. The Bertz CT molecular complexity index is 454. The molecule has 1 aliphatic carbocycles. The van der Waals surface area contributed by atoms with Gasteiger partial charge in [0.2, 0.25) is 5.88 Å². The van der Waals surface area contributed by atoms with Crippen molar-refractivity contribution in [2.45, 2.75) is 51.7 Å². The molecule has 1 heterocycles. The van der Waals surface area contributed by atoms with Gasteiger partial charge in [-0.1, -0.05) is 13.8 Å². The second kappa shape index (κ2) is 6.84. The molecular formula is C16H24N2O2. The number of hydrogen-bond acceptors (Lipinski definition) is 4. The minimum absolute atomic E-state index is 0.112. The zero-order chi connectivity index (χ0) is 14.5. The molecule has 20 heavy (non-hydrogen) atoms. The summed E-state index contributed by atoms with van der Waals surface area (Å²) < 4.78 is 5.84. The van der Waals surface area contributed by atoms with Crippen LogP contribution in [0.3, 0.4) is 0 Å². The molecule has 0 amide bonds. The summed E-state index contributed by atoms with van der Waals surface area (Å²) >= 11 is 0. The topological polar surface area (TPSA) is 51.2 Å². The van der Waals surface area contributed by atoms with Crippen LogP contribution in [0.25, 0.3) is 0 Å². The van der Waals surface area contributed by atoms with E-state index in [2.05, 4.69) is 10.3 Å². The van der Waals surface area contributed by atoms with E-state index in [1.54, 1.807) is 6.20 Å². The summed E-state index contributed by atoms with van der Waals surface area (Å²) in [6.07, 6.45) is 5.46. The first kappa shape index (κ1) is 15.0. The minimum atomic E-state index is 0.112. The summed E-state index contributed by atoms with van der Waals surface area (Å²) in [5.74, 6) is 1.10. The van der Waals surface area contributed by atoms with Gasteiger partial charge in [-0.2, -0.15) is 0 Å². The molecule has 2 rings (SSSR count). The Kier molecular flexibility index (Phi) is 5.12. The van der Waals surface area contributed by atoms with Crippen molar-refractivity contribution >= 4 is 5.78 Å². The van der Waals surface area contributed by atoms with Gasteiger partial charge in [-0.25, -0.2) is 4.98 Å². The number of ketones is 1. The molecule has 0 spiro atoms. The summed E-state index contributed by atoms with van der Waals surface area (Å²) in [7, 11) is 1.98. The fourth-order valence-electron chi connectivity index (χ4n) is 2.29. The third-order valence-corrected chi connectivity index (χ3v) is 3.89. The molecule has 1 aliphatic rings. The average molecular weight is 276 g/mol. The number of ether oxygens (including phenoxy) is 1. The largest absolute Gasteiger partial charge is 0.474 e. The van der Waals surface area contributed by atoms with E-state index in [9.17, 15) is 4.79 Å². The summed E-state index contributed by atoms with van der Waals surface area (Å²) in [6.45, 7) is 3.89. The zero-order valence-corrected chi connectivity index (χ0v) is 12.6. The molecule has 1 fully saturated rings. The van der Waals surface area contributed by atoms with Gasteiger partial charge >= 0.3 is 0 Å². The second-order valence-corrected chi connectivity index (χ2v) is 5.82. The summed E-state index contributed by atoms with van der Waals surface area (Å²) in [5, 5.41) is 3.23. The van der Waals surface area contributed by atoms with Crippen molar-refractivity contribution in [2.75, 3.05) is 7.05 Å². The van der Waals surface area contributed by atoms with Gasteiger partial charge in [-0.3, -0.25) is 4.79 Å². The van der Waals surface area contributed by atoms with Gasteiger partial charge in [0.05, 0.1) is 0 Å². The van der Waals surface area contributed by atoms with E-state index < -0.39 is 0 Å². The molecule has 110 valence electrons. The van der Waals surface area contributed by atoms with Crippen molar-refractivity contribution in [3.05, 3.63) is 23.9 Å². The molecule has 1 aromatic heterocycles. The van der Waals surface area contributed by atoms with Crippen LogP contribution in [0.15, 0.2) is 18.3 Å². The van der Waals surface area contributed by atoms with E-state index in [-0.39, 0.29) is 12.0 Å². The van der Waals surface area contributed by atoms with Crippen molar-refractivity contribution in [1.29, 1.82) is 0 Å². The minimum Gasteiger partial charge on any atom is -0.474 e. The van der Waals surface area contributed by atoms with Crippen LogP contribution < -0.4 is 10.1 Å². The molecule has 4 nitrogen and oxygen atoms in total. The number of nitrogens with one attached hydrogen (secondary N) is 1. The van der Waals surface area contributed by atoms with Crippen molar-refractivity contribution < 1.29 is 9.53 Å². The maximum atomic E-state index is 11.6. The number of carbonyl (C=O) groups is 1.